The second kappa shape index (κ2) is 11.9. The first kappa shape index (κ1) is 26.8. The van der Waals surface area contributed by atoms with E-state index < -0.39 is 37.4 Å². The fourth-order valence-electron chi connectivity index (χ4n) is 4.40. The van der Waals surface area contributed by atoms with E-state index in [-0.39, 0.29) is 18.2 Å². The minimum absolute atomic E-state index is 0.0469. The molecule has 2 aliphatic heterocycles. The number of hydrogen-bond acceptors (Lipinski definition) is 11. The Morgan fingerprint density at radius 2 is 1.79 bits per heavy atom. The Kier molecular flexibility index (Phi) is 8.21. The van der Waals surface area contributed by atoms with Crippen LogP contribution in [0.3, 0.4) is 0 Å². The highest BCUT2D eigenvalue weighted by Gasteiger charge is 2.49. The number of para-hydroxylation sites is 1. The van der Waals surface area contributed by atoms with Gasteiger partial charge in [-0.05, 0) is 36.8 Å². The maximum absolute atomic E-state index is 12.4. The van der Waals surface area contributed by atoms with E-state index in [0.717, 1.165) is 5.75 Å². The highest BCUT2D eigenvalue weighted by molar-refractivity contribution is 5.76. The second-order valence-corrected chi connectivity index (χ2v) is 8.97. The van der Waals surface area contributed by atoms with Gasteiger partial charge < -0.3 is 34.5 Å². The van der Waals surface area contributed by atoms with E-state index >= 15 is 0 Å². The van der Waals surface area contributed by atoms with E-state index in [1.54, 1.807) is 24.0 Å². The number of aliphatic hydroxyl groups is 2. The molecular weight excluding hydrogens is 516 g/mol. The van der Waals surface area contributed by atoms with Crippen molar-refractivity contribution in [2.75, 3.05) is 23.4 Å². The van der Waals surface area contributed by atoms with Crippen LogP contribution in [0.4, 0.5) is 20.3 Å². The Morgan fingerprint density at radius 3 is 2.49 bits per heavy atom. The van der Waals surface area contributed by atoms with Crippen molar-refractivity contribution in [3.63, 3.8) is 0 Å². The summed E-state index contributed by atoms with van der Waals surface area (Å²) in [5.41, 5.74) is 1.17. The lowest BCUT2D eigenvalue weighted by Gasteiger charge is -2.33. The molecule has 0 bridgehead atoms. The fraction of sp³-hybridized carbons (Fsp3) is 0.385. The summed E-state index contributed by atoms with van der Waals surface area (Å²) in [5, 5.41) is 27.7. The number of halogens is 2. The number of anilines is 2. The molecule has 1 unspecified atom stereocenters. The van der Waals surface area contributed by atoms with Crippen molar-refractivity contribution >= 4 is 11.5 Å². The maximum Gasteiger partial charge on any atom is 0.387 e. The number of ether oxygens (including phenoxy) is 4. The van der Waals surface area contributed by atoms with Gasteiger partial charge in [0.15, 0.2) is 18.3 Å². The smallest absolute Gasteiger partial charge is 0.387 e. The van der Waals surface area contributed by atoms with Crippen LogP contribution in [0, 0.1) is 0 Å². The summed E-state index contributed by atoms with van der Waals surface area (Å²) in [4.78, 5) is 10.3. The summed E-state index contributed by atoms with van der Waals surface area (Å²) in [6, 6.07) is 15.5. The van der Waals surface area contributed by atoms with E-state index in [0.29, 0.717) is 30.2 Å². The summed E-state index contributed by atoms with van der Waals surface area (Å²) < 4.78 is 46.8. The van der Waals surface area contributed by atoms with Crippen molar-refractivity contribution in [1.82, 2.24) is 15.3 Å². The molecule has 13 heteroatoms. The van der Waals surface area contributed by atoms with Gasteiger partial charge in [-0.1, -0.05) is 30.3 Å². The first-order valence-corrected chi connectivity index (χ1v) is 12.4. The number of rotatable bonds is 11. The van der Waals surface area contributed by atoms with Crippen LogP contribution in [-0.4, -0.2) is 70.8 Å². The molecule has 3 aromatic rings. The molecule has 0 saturated carbocycles. The maximum atomic E-state index is 12.4. The molecule has 5 atom stereocenters. The van der Waals surface area contributed by atoms with Gasteiger partial charge in [0.1, 0.15) is 48.9 Å². The van der Waals surface area contributed by atoms with Crippen LogP contribution in [-0.2, 0) is 11.3 Å². The second-order valence-electron chi connectivity index (χ2n) is 8.97. The quantitative estimate of drug-likeness (QED) is 0.265. The molecule has 0 spiro atoms. The number of aliphatic hydroxyl groups excluding tert-OH is 2. The summed E-state index contributed by atoms with van der Waals surface area (Å²) in [6.45, 7) is -0.334. The van der Waals surface area contributed by atoms with Crippen LogP contribution in [0.5, 0.6) is 17.4 Å². The lowest BCUT2D eigenvalue weighted by molar-refractivity contribution is -0.0498. The highest BCUT2D eigenvalue weighted by Crippen LogP contribution is 2.41. The fourth-order valence-corrected chi connectivity index (χ4v) is 4.40. The van der Waals surface area contributed by atoms with Gasteiger partial charge >= 0.3 is 6.61 Å². The lowest BCUT2D eigenvalue weighted by Crippen LogP contribution is -2.56. The van der Waals surface area contributed by atoms with E-state index in [4.69, 9.17) is 14.2 Å². The molecular formula is C26H29F2N5O6. The number of fused-ring (bicyclic) bond motifs is 1. The predicted octanol–water partition coefficient (Wildman–Crippen LogP) is 2.31. The molecule has 2 aliphatic rings. The topological polar surface area (TPSA) is 130 Å². The van der Waals surface area contributed by atoms with Crippen LogP contribution < -0.4 is 29.7 Å². The van der Waals surface area contributed by atoms with Crippen molar-refractivity contribution in [3.8, 4) is 17.4 Å². The number of nitrogens with zero attached hydrogens (tertiary/aromatic N) is 3. The Hall–Kier alpha value is -3.78. The lowest BCUT2D eigenvalue weighted by atomic mass is 10.1. The highest BCUT2D eigenvalue weighted by atomic mass is 19.3. The normalized spacial score (nSPS) is 23.9. The van der Waals surface area contributed by atoms with Crippen LogP contribution in [0.2, 0.25) is 0 Å². The number of nitrogens with one attached hydrogen (secondary N) is 2. The van der Waals surface area contributed by atoms with Gasteiger partial charge in [-0.2, -0.15) is 13.8 Å². The van der Waals surface area contributed by atoms with Crippen molar-refractivity contribution in [2.45, 2.75) is 51.0 Å². The van der Waals surface area contributed by atoms with Gasteiger partial charge in [0.25, 0.3) is 0 Å². The molecule has 11 nitrogen and oxygen atoms in total. The summed E-state index contributed by atoms with van der Waals surface area (Å²) in [6.07, 6.45) is -3.03. The first-order valence-electron chi connectivity index (χ1n) is 12.4. The average molecular weight is 546 g/mol. The van der Waals surface area contributed by atoms with Crippen molar-refractivity contribution in [1.29, 1.82) is 0 Å². The average Bonchev–Trinajstić information content (AvgIpc) is 3.43. The standard InChI is InChI=1S/C26H29F2N5O6/c1-15-20(34)21(35)24(38-15)33-22-19(32-26(33)29-11-12-36-17-5-3-2-4-6-17)23(31-14-30-22)37-13-16-7-9-18(10-8-16)39-25(27)28/h2-10,14-15,20-21,24-26,29,32,34-35H,11-13H2,1H3/t15-,20-,21-,24-,26?/m1/s1. The Labute approximate surface area is 223 Å². The predicted molar refractivity (Wildman–Crippen MR) is 136 cm³/mol. The van der Waals surface area contributed by atoms with Crippen molar-refractivity contribution < 1.29 is 37.9 Å². The summed E-state index contributed by atoms with van der Waals surface area (Å²) >= 11 is 0. The zero-order chi connectivity index (χ0) is 27.4. The van der Waals surface area contributed by atoms with Gasteiger partial charge in [-0.25, -0.2) is 4.98 Å². The third-order valence-corrected chi connectivity index (χ3v) is 6.32. The molecule has 208 valence electrons. The van der Waals surface area contributed by atoms with Gasteiger partial charge in [-0.3, -0.25) is 10.2 Å². The molecule has 3 heterocycles. The molecule has 1 aromatic heterocycles. The van der Waals surface area contributed by atoms with E-state index in [1.807, 2.05) is 30.3 Å². The zero-order valence-corrected chi connectivity index (χ0v) is 21.0. The third-order valence-electron chi connectivity index (χ3n) is 6.32. The van der Waals surface area contributed by atoms with Crippen LogP contribution in [0.15, 0.2) is 60.9 Å². The van der Waals surface area contributed by atoms with E-state index in [1.165, 1.54) is 18.5 Å². The largest absolute Gasteiger partial charge is 0.492 e. The first-order chi connectivity index (χ1) is 18.9. The summed E-state index contributed by atoms with van der Waals surface area (Å²) in [7, 11) is 0. The molecule has 0 amide bonds. The van der Waals surface area contributed by atoms with Crippen LogP contribution >= 0.6 is 0 Å². The minimum Gasteiger partial charge on any atom is -0.492 e. The number of hydrogen-bond donors (Lipinski definition) is 4. The summed E-state index contributed by atoms with van der Waals surface area (Å²) in [5.74, 6) is 1.43. The molecule has 39 heavy (non-hydrogen) atoms. The molecule has 1 fully saturated rings. The molecule has 4 N–H and O–H groups in total. The van der Waals surface area contributed by atoms with Crippen molar-refractivity contribution in [2.24, 2.45) is 0 Å². The molecule has 0 radical (unpaired) electrons. The Balaban J connectivity index is 1.30. The number of alkyl halides is 2. The number of benzene rings is 2. The van der Waals surface area contributed by atoms with Gasteiger partial charge in [-0.15, -0.1) is 0 Å². The molecule has 2 aromatic carbocycles. The zero-order valence-electron chi connectivity index (χ0n) is 21.0. The molecule has 5 rings (SSSR count). The SMILES string of the molecule is C[C@H]1O[C@@H](N2c3ncnc(OCc4ccc(OC(F)F)cc4)c3NC2NCCOc2ccccc2)[C@H](O)[C@@H]1O. The third kappa shape index (κ3) is 6.11. The van der Waals surface area contributed by atoms with Gasteiger partial charge in [0, 0.05) is 6.54 Å². The minimum atomic E-state index is -2.90. The van der Waals surface area contributed by atoms with Crippen molar-refractivity contribution in [3.05, 3.63) is 66.5 Å². The molecule has 1 saturated heterocycles. The van der Waals surface area contributed by atoms with Crippen LogP contribution in [0.25, 0.3) is 0 Å². The van der Waals surface area contributed by atoms with Crippen LogP contribution in [0.1, 0.15) is 12.5 Å². The monoisotopic (exact) mass is 545 g/mol. The van der Waals surface area contributed by atoms with Gasteiger partial charge in [0.2, 0.25) is 5.88 Å². The van der Waals surface area contributed by atoms with E-state index in [2.05, 4.69) is 25.3 Å². The Bertz CT molecular complexity index is 1230. The number of aromatic nitrogens is 2. The Morgan fingerprint density at radius 1 is 1.03 bits per heavy atom. The van der Waals surface area contributed by atoms with Gasteiger partial charge in [0.05, 0.1) is 6.10 Å². The van der Waals surface area contributed by atoms with E-state index in [9.17, 15) is 19.0 Å². The molecule has 0 aliphatic carbocycles.